The number of nitrogens with zero attached hydrogens (tertiary/aromatic N) is 5. The van der Waals surface area contributed by atoms with Gasteiger partial charge in [-0.25, -0.2) is 9.48 Å². The Labute approximate surface area is 179 Å². The smallest absolute Gasteiger partial charge is 0.350 e. The standard InChI is InChI=1S/C19H21Cl2N5O.ClH/c20-16-6-5-15(14-17(16)21)24-12-10-23(11-13-24)7-3-9-26-19(27)25-8-2-1-4-18(25)22-26;/h1-2,4-6,8,14H,3,7,9-13H2;1H. The summed E-state index contributed by atoms with van der Waals surface area (Å²) in [6, 6.07) is 11.4. The lowest BCUT2D eigenvalue weighted by atomic mass is 10.2. The number of fused-ring (bicyclic) bond motifs is 1. The molecule has 2 aromatic heterocycles. The van der Waals surface area contributed by atoms with Crippen molar-refractivity contribution in [3.05, 3.63) is 63.1 Å². The number of aryl methyl sites for hydroxylation is 1. The van der Waals surface area contributed by atoms with Crippen LogP contribution in [0.25, 0.3) is 5.65 Å². The Bertz CT molecular complexity index is 995. The van der Waals surface area contributed by atoms with Crippen LogP contribution in [0.2, 0.25) is 10.0 Å². The van der Waals surface area contributed by atoms with Gasteiger partial charge in [-0.05, 0) is 36.8 Å². The molecule has 0 amide bonds. The normalized spacial score (nSPS) is 15.0. The lowest BCUT2D eigenvalue weighted by Gasteiger charge is -2.36. The van der Waals surface area contributed by atoms with Crippen LogP contribution >= 0.6 is 35.6 Å². The summed E-state index contributed by atoms with van der Waals surface area (Å²) in [6.07, 6.45) is 2.65. The van der Waals surface area contributed by atoms with E-state index < -0.39 is 0 Å². The SMILES string of the molecule is Cl.O=c1n(CCCN2CCN(c3ccc(Cl)c(Cl)c3)CC2)nc2ccccn12. The maximum absolute atomic E-state index is 12.3. The van der Waals surface area contributed by atoms with Crippen LogP contribution in [0, 0.1) is 0 Å². The van der Waals surface area contributed by atoms with Gasteiger partial charge >= 0.3 is 5.69 Å². The number of hydrogen-bond donors (Lipinski definition) is 0. The summed E-state index contributed by atoms with van der Waals surface area (Å²) >= 11 is 12.1. The predicted octanol–water partition coefficient (Wildman–Crippen LogP) is 3.44. The highest BCUT2D eigenvalue weighted by atomic mass is 35.5. The van der Waals surface area contributed by atoms with Crippen molar-refractivity contribution >= 4 is 46.9 Å². The monoisotopic (exact) mass is 441 g/mol. The third-order valence-corrected chi connectivity index (χ3v) is 5.71. The van der Waals surface area contributed by atoms with Crippen molar-refractivity contribution in [2.24, 2.45) is 0 Å². The van der Waals surface area contributed by atoms with E-state index >= 15 is 0 Å². The number of aromatic nitrogens is 3. The number of pyridine rings is 1. The molecule has 0 saturated carbocycles. The van der Waals surface area contributed by atoms with Gasteiger partial charge in [-0.2, -0.15) is 0 Å². The fourth-order valence-corrected chi connectivity index (χ4v) is 3.76. The summed E-state index contributed by atoms with van der Waals surface area (Å²) in [6.45, 7) is 5.46. The van der Waals surface area contributed by atoms with Gasteiger partial charge in [0.2, 0.25) is 0 Å². The first-order valence-corrected chi connectivity index (χ1v) is 9.84. The molecule has 1 aliphatic heterocycles. The molecule has 1 fully saturated rings. The minimum Gasteiger partial charge on any atom is -0.369 e. The molecule has 0 aliphatic carbocycles. The molecule has 6 nitrogen and oxygen atoms in total. The molecule has 1 saturated heterocycles. The van der Waals surface area contributed by atoms with Crippen molar-refractivity contribution < 1.29 is 0 Å². The number of rotatable bonds is 5. The van der Waals surface area contributed by atoms with E-state index in [9.17, 15) is 4.79 Å². The molecule has 28 heavy (non-hydrogen) atoms. The average molecular weight is 443 g/mol. The van der Waals surface area contributed by atoms with Crippen LogP contribution in [-0.2, 0) is 6.54 Å². The molecule has 0 atom stereocenters. The van der Waals surface area contributed by atoms with Gasteiger partial charge in [-0.3, -0.25) is 9.30 Å². The van der Waals surface area contributed by atoms with E-state index in [1.165, 1.54) is 0 Å². The minimum absolute atomic E-state index is 0. The maximum atomic E-state index is 12.3. The molecule has 0 spiro atoms. The number of hydrogen-bond acceptors (Lipinski definition) is 4. The van der Waals surface area contributed by atoms with Crippen LogP contribution in [0.1, 0.15) is 6.42 Å². The Balaban J connectivity index is 0.00000225. The second-order valence-electron chi connectivity index (χ2n) is 6.72. The maximum Gasteiger partial charge on any atom is 0.350 e. The molecular formula is C19H22Cl3N5O. The molecule has 1 aromatic carbocycles. The Morgan fingerprint density at radius 3 is 2.46 bits per heavy atom. The highest BCUT2D eigenvalue weighted by Gasteiger charge is 2.17. The van der Waals surface area contributed by atoms with E-state index in [1.54, 1.807) is 15.3 Å². The fourth-order valence-electron chi connectivity index (χ4n) is 3.47. The van der Waals surface area contributed by atoms with E-state index in [1.807, 2.05) is 36.4 Å². The summed E-state index contributed by atoms with van der Waals surface area (Å²) in [5.41, 5.74) is 1.73. The van der Waals surface area contributed by atoms with Crippen molar-refractivity contribution in [3.8, 4) is 0 Å². The quantitative estimate of drug-likeness (QED) is 0.607. The molecule has 3 aromatic rings. The lowest BCUT2D eigenvalue weighted by Crippen LogP contribution is -2.46. The first-order valence-electron chi connectivity index (χ1n) is 9.08. The van der Waals surface area contributed by atoms with E-state index in [0.717, 1.165) is 44.8 Å². The average Bonchev–Trinajstić information content (AvgIpc) is 3.01. The van der Waals surface area contributed by atoms with Crippen LogP contribution in [0.15, 0.2) is 47.4 Å². The molecule has 0 radical (unpaired) electrons. The topological polar surface area (TPSA) is 45.8 Å². The van der Waals surface area contributed by atoms with E-state index in [0.29, 0.717) is 22.2 Å². The summed E-state index contributed by atoms with van der Waals surface area (Å²) in [7, 11) is 0. The zero-order valence-electron chi connectivity index (χ0n) is 15.3. The number of anilines is 1. The van der Waals surface area contributed by atoms with Gasteiger partial charge in [0.1, 0.15) is 0 Å². The van der Waals surface area contributed by atoms with Gasteiger partial charge in [0.05, 0.1) is 10.0 Å². The van der Waals surface area contributed by atoms with Gasteiger partial charge in [-0.1, -0.05) is 29.3 Å². The summed E-state index contributed by atoms with van der Waals surface area (Å²) in [5.74, 6) is 0. The molecule has 0 unspecified atom stereocenters. The van der Waals surface area contributed by atoms with Crippen LogP contribution < -0.4 is 10.6 Å². The molecule has 150 valence electrons. The molecular weight excluding hydrogens is 421 g/mol. The Morgan fingerprint density at radius 2 is 1.75 bits per heavy atom. The fraction of sp³-hybridized carbons (Fsp3) is 0.368. The number of halogens is 3. The second kappa shape index (κ2) is 9.18. The van der Waals surface area contributed by atoms with Crippen molar-refractivity contribution in [1.82, 2.24) is 19.1 Å². The van der Waals surface area contributed by atoms with Crippen LogP contribution in [-0.4, -0.2) is 51.8 Å². The van der Waals surface area contributed by atoms with Gasteiger partial charge in [0, 0.05) is 51.2 Å². The van der Waals surface area contributed by atoms with Crippen LogP contribution in [0.5, 0.6) is 0 Å². The molecule has 3 heterocycles. The Kier molecular flexibility index (Phi) is 6.88. The minimum atomic E-state index is -0.0740. The van der Waals surface area contributed by atoms with E-state index in [2.05, 4.69) is 14.9 Å². The largest absolute Gasteiger partial charge is 0.369 e. The first-order chi connectivity index (χ1) is 13.1. The van der Waals surface area contributed by atoms with Crippen molar-refractivity contribution in [2.45, 2.75) is 13.0 Å². The van der Waals surface area contributed by atoms with Crippen LogP contribution in [0.4, 0.5) is 5.69 Å². The third kappa shape index (κ3) is 4.46. The van der Waals surface area contributed by atoms with Gasteiger partial charge in [-0.15, -0.1) is 17.5 Å². The lowest BCUT2D eigenvalue weighted by molar-refractivity contribution is 0.248. The molecule has 0 bridgehead atoms. The molecule has 1 aliphatic rings. The highest BCUT2D eigenvalue weighted by molar-refractivity contribution is 6.42. The Morgan fingerprint density at radius 1 is 0.964 bits per heavy atom. The predicted molar refractivity (Wildman–Crippen MR) is 116 cm³/mol. The number of benzene rings is 1. The van der Waals surface area contributed by atoms with Crippen LogP contribution in [0.3, 0.4) is 0 Å². The van der Waals surface area contributed by atoms with Gasteiger partial charge in [0.15, 0.2) is 5.65 Å². The van der Waals surface area contributed by atoms with E-state index in [4.69, 9.17) is 23.2 Å². The molecule has 0 N–H and O–H groups in total. The summed E-state index contributed by atoms with van der Waals surface area (Å²) < 4.78 is 3.14. The third-order valence-electron chi connectivity index (χ3n) is 4.97. The van der Waals surface area contributed by atoms with Gasteiger partial charge in [0.25, 0.3) is 0 Å². The summed E-state index contributed by atoms with van der Waals surface area (Å²) in [4.78, 5) is 17.0. The van der Waals surface area contributed by atoms with Crippen molar-refractivity contribution in [3.63, 3.8) is 0 Å². The highest BCUT2D eigenvalue weighted by Crippen LogP contribution is 2.27. The molecule has 4 rings (SSSR count). The molecule has 9 heteroatoms. The van der Waals surface area contributed by atoms with Crippen molar-refractivity contribution in [1.29, 1.82) is 0 Å². The first kappa shape index (κ1) is 21.0. The number of piperazine rings is 1. The second-order valence-corrected chi connectivity index (χ2v) is 7.53. The zero-order chi connectivity index (χ0) is 18.8. The van der Waals surface area contributed by atoms with Gasteiger partial charge < -0.3 is 4.90 Å². The Hall–Kier alpha value is -1.73. The summed E-state index contributed by atoms with van der Waals surface area (Å²) in [5, 5.41) is 5.56. The van der Waals surface area contributed by atoms with Crippen molar-refractivity contribution in [2.75, 3.05) is 37.6 Å². The zero-order valence-corrected chi connectivity index (χ0v) is 17.6. The van der Waals surface area contributed by atoms with E-state index in [-0.39, 0.29) is 18.1 Å².